The molecule has 9 heteroatoms. The highest BCUT2D eigenvalue weighted by Crippen LogP contribution is 2.38. The fraction of sp³-hybridized carbons (Fsp3) is 0.304. The van der Waals surface area contributed by atoms with Crippen molar-refractivity contribution in [1.29, 1.82) is 0 Å². The molecule has 3 heterocycles. The van der Waals surface area contributed by atoms with Gasteiger partial charge >= 0.3 is 0 Å². The number of fused-ring (bicyclic) bond motifs is 1. The van der Waals surface area contributed by atoms with E-state index in [4.69, 9.17) is 9.97 Å². The van der Waals surface area contributed by atoms with Crippen LogP contribution in [0.2, 0.25) is 0 Å². The van der Waals surface area contributed by atoms with Gasteiger partial charge in [0.2, 0.25) is 5.95 Å². The summed E-state index contributed by atoms with van der Waals surface area (Å²) in [7, 11) is 0. The maximum atomic E-state index is 10.3. The molecule has 3 aromatic heterocycles. The van der Waals surface area contributed by atoms with Crippen LogP contribution in [0.15, 0.2) is 48.7 Å². The molecule has 1 fully saturated rings. The molecule has 1 saturated carbocycles. The van der Waals surface area contributed by atoms with E-state index in [0.29, 0.717) is 30.4 Å². The molecule has 164 valence electrons. The summed E-state index contributed by atoms with van der Waals surface area (Å²) >= 11 is 1.60. The Bertz CT molecular complexity index is 1200. The van der Waals surface area contributed by atoms with E-state index in [1.807, 2.05) is 43.3 Å². The third-order valence-electron chi connectivity index (χ3n) is 5.74. The average molecular weight is 449 g/mol. The zero-order valence-corrected chi connectivity index (χ0v) is 18.4. The van der Waals surface area contributed by atoms with Gasteiger partial charge in [0.15, 0.2) is 0 Å². The molecule has 1 aromatic carbocycles. The number of hydrogen-bond acceptors (Lipinski definition) is 9. The second-order valence-corrected chi connectivity index (χ2v) is 9.04. The minimum atomic E-state index is -0.530. The van der Waals surface area contributed by atoms with E-state index < -0.39 is 6.10 Å². The predicted molar refractivity (Wildman–Crippen MR) is 126 cm³/mol. The molecule has 0 aliphatic heterocycles. The second-order valence-electron chi connectivity index (χ2n) is 8.01. The van der Waals surface area contributed by atoms with Crippen LogP contribution >= 0.6 is 11.3 Å². The number of aliphatic hydroxyl groups excluding tert-OH is 2. The minimum Gasteiger partial charge on any atom is -0.396 e. The highest BCUT2D eigenvalue weighted by molar-refractivity contribution is 7.21. The lowest BCUT2D eigenvalue weighted by atomic mass is 10.1. The molecule has 0 saturated heterocycles. The molecule has 1 aliphatic carbocycles. The van der Waals surface area contributed by atoms with E-state index in [2.05, 4.69) is 26.7 Å². The molecule has 3 unspecified atom stereocenters. The Morgan fingerprint density at radius 2 is 1.91 bits per heavy atom. The van der Waals surface area contributed by atoms with Gasteiger partial charge in [-0.3, -0.25) is 0 Å². The van der Waals surface area contributed by atoms with Crippen molar-refractivity contribution in [2.24, 2.45) is 5.92 Å². The Morgan fingerprint density at radius 1 is 1.06 bits per heavy atom. The Hall–Kier alpha value is -3.14. The molecule has 3 atom stereocenters. The topological polar surface area (TPSA) is 116 Å². The minimum absolute atomic E-state index is 0.00715. The first-order valence-electron chi connectivity index (χ1n) is 10.6. The molecule has 4 N–H and O–H groups in total. The fourth-order valence-electron chi connectivity index (χ4n) is 4.13. The van der Waals surface area contributed by atoms with Crippen molar-refractivity contribution in [3.8, 4) is 10.6 Å². The van der Waals surface area contributed by atoms with Crippen molar-refractivity contribution in [2.45, 2.75) is 31.9 Å². The van der Waals surface area contributed by atoms with Gasteiger partial charge < -0.3 is 20.8 Å². The fourth-order valence-corrected chi connectivity index (χ4v) is 5.19. The van der Waals surface area contributed by atoms with E-state index >= 15 is 0 Å². The monoisotopic (exact) mass is 448 g/mol. The van der Waals surface area contributed by atoms with E-state index in [-0.39, 0.29) is 18.6 Å². The summed E-state index contributed by atoms with van der Waals surface area (Å²) in [6.07, 6.45) is 2.40. The van der Waals surface area contributed by atoms with Gasteiger partial charge in [-0.25, -0.2) is 15.0 Å². The molecule has 4 aromatic rings. The Labute approximate surface area is 189 Å². The number of hydrogen-bond donors (Lipinski definition) is 4. The zero-order chi connectivity index (χ0) is 22.1. The van der Waals surface area contributed by atoms with Crippen molar-refractivity contribution in [3.63, 3.8) is 0 Å². The molecule has 8 nitrogen and oxygen atoms in total. The number of benzene rings is 1. The number of anilines is 3. The van der Waals surface area contributed by atoms with E-state index in [1.54, 1.807) is 17.5 Å². The molecule has 0 amide bonds. The molecule has 0 bridgehead atoms. The van der Waals surface area contributed by atoms with Crippen LogP contribution in [-0.4, -0.2) is 48.9 Å². The van der Waals surface area contributed by atoms with Gasteiger partial charge in [0.1, 0.15) is 16.6 Å². The summed E-state index contributed by atoms with van der Waals surface area (Å²) in [4.78, 5) is 18.5. The third-order valence-corrected chi connectivity index (χ3v) is 6.79. The molecular weight excluding hydrogens is 424 g/mol. The number of thiazole rings is 1. The average Bonchev–Trinajstić information content (AvgIpc) is 3.36. The Morgan fingerprint density at radius 3 is 2.66 bits per heavy atom. The summed E-state index contributed by atoms with van der Waals surface area (Å²) in [5, 5.41) is 27.3. The highest BCUT2D eigenvalue weighted by Gasteiger charge is 2.33. The molecule has 0 radical (unpaired) electrons. The lowest BCUT2D eigenvalue weighted by molar-refractivity contribution is 0.0908. The number of para-hydroxylation sites is 1. The second kappa shape index (κ2) is 8.78. The summed E-state index contributed by atoms with van der Waals surface area (Å²) < 4.78 is 1.10. The SMILES string of the molecule is Cc1nc(Nc2ccccn2)nc(NC2CC(O)C(CO)C2)c1-c1nc2ccccc2s1. The van der Waals surface area contributed by atoms with E-state index in [0.717, 1.165) is 26.5 Å². The van der Waals surface area contributed by atoms with Crippen LogP contribution in [0.1, 0.15) is 18.5 Å². The van der Waals surface area contributed by atoms with Gasteiger partial charge in [0.25, 0.3) is 0 Å². The van der Waals surface area contributed by atoms with Crippen LogP contribution in [0.25, 0.3) is 20.8 Å². The smallest absolute Gasteiger partial charge is 0.230 e. The van der Waals surface area contributed by atoms with Crippen LogP contribution in [0.3, 0.4) is 0 Å². The molecule has 1 aliphatic rings. The molecule has 5 rings (SSSR count). The molecule has 0 spiro atoms. The zero-order valence-electron chi connectivity index (χ0n) is 17.6. The van der Waals surface area contributed by atoms with Crippen LogP contribution < -0.4 is 10.6 Å². The van der Waals surface area contributed by atoms with Gasteiger partial charge in [-0.05, 0) is 44.0 Å². The first-order chi connectivity index (χ1) is 15.6. The number of nitrogens with zero attached hydrogens (tertiary/aromatic N) is 4. The Balaban J connectivity index is 1.55. The van der Waals surface area contributed by atoms with Crippen molar-refractivity contribution in [3.05, 3.63) is 54.4 Å². The van der Waals surface area contributed by atoms with Gasteiger partial charge in [0.05, 0.1) is 27.6 Å². The maximum Gasteiger partial charge on any atom is 0.230 e. The van der Waals surface area contributed by atoms with Crippen LogP contribution in [0, 0.1) is 12.8 Å². The van der Waals surface area contributed by atoms with Gasteiger partial charge in [-0.15, -0.1) is 11.3 Å². The standard InChI is InChI=1S/C23H24N6O2S/c1-13-20(22-27-16-6-2-3-7-18(16)32-22)21(26-15-10-14(12-30)17(31)11-15)29-23(25-13)28-19-8-4-5-9-24-19/h2-9,14-15,17,30-31H,10-12H2,1H3,(H2,24,25,26,28,29). The first-order valence-corrected chi connectivity index (χ1v) is 11.4. The van der Waals surface area contributed by atoms with Crippen molar-refractivity contribution in [1.82, 2.24) is 19.9 Å². The highest BCUT2D eigenvalue weighted by atomic mass is 32.1. The number of aryl methyl sites for hydroxylation is 1. The largest absolute Gasteiger partial charge is 0.396 e. The van der Waals surface area contributed by atoms with Crippen LogP contribution in [0.5, 0.6) is 0 Å². The van der Waals surface area contributed by atoms with Gasteiger partial charge in [-0.1, -0.05) is 18.2 Å². The normalized spacial score (nSPS) is 20.5. The Kier molecular flexibility index (Phi) is 5.69. The summed E-state index contributed by atoms with van der Waals surface area (Å²) in [6, 6.07) is 13.6. The van der Waals surface area contributed by atoms with Gasteiger partial charge in [0, 0.05) is 24.8 Å². The van der Waals surface area contributed by atoms with Crippen molar-refractivity contribution < 1.29 is 10.2 Å². The summed E-state index contributed by atoms with van der Waals surface area (Å²) in [5.74, 6) is 1.62. The first kappa shape index (κ1) is 20.7. The number of nitrogens with one attached hydrogen (secondary N) is 2. The maximum absolute atomic E-state index is 10.3. The number of aliphatic hydroxyl groups is 2. The summed E-state index contributed by atoms with van der Waals surface area (Å²) in [6.45, 7) is 1.91. The molecular formula is C23H24N6O2S. The van der Waals surface area contributed by atoms with E-state index in [1.165, 1.54) is 0 Å². The summed E-state index contributed by atoms with van der Waals surface area (Å²) in [5.41, 5.74) is 2.57. The van der Waals surface area contributed by atoms with Gasteiger partial charge in [-0.2, -0.15) is 4.98 Å². The van der Waals surface area contributed by atoms with Crippen LogP contribution in [0.4, 0.5) is 17.6 Å². The third kappa shape index (κ3) is 4.14. The quantitative estimate of drug-likeness (QED) is 0.352. The number of aromatic nitrogens is 4. The number of pyridine rings is 1. The predicted octanol–water partition coefficient (Wildman–Crippen LogP) is 3.74. The lowest BCUT2D eigenvalue weighted by Crippen LogP contribution is -2.19. The number of rotatable bonds is 6. The van der Waals surface area contributed by atoms with Crippen molar-refractivity contribution >= 4 is 39.1 Å². The lowest BCUT2D eigenvalue weighted by Gasteiger charge is -2.18. The molecule has 32 heavy (non-hydrogen) atoms. The van der Waals surface area contributed by atoms with Crippen LogP contribution in [-0.2, 0) is 0 Å². The van der Waals surface area contributed by atoms with E-state index in [9.17, 15) is 10.2 Å². The van der Waals surface area contributed by atoms with Crippen molar-refractivity contribution in [2.75, 3.05) is 17.2 Å².